The second-order valence-electron chi connectivity index (χ2n) is 12.3. The number of ether oxygens (including phenoxy) is 2. The van der Waals surface area contributed by atoms with Gasteiger partial charge in [-0.3, -0.25) is 0 Å². The van der Waals surface area contributed by atoms with E-state index in [1.165, 1.54) is 64.4 Å². The minimum absolute atomic E-state index is 0.272. The Morgan fingerprint density at radius 3 is 2.38 bits per heavy atom. The molecule has 5 unspecified atom stereocenters. The summed E-state index contributed by atoms with van der Waals surface area (Å²) in [6.07, 6.45) is 8.58. The van der Waals surface area contributed by atoms with Crippen molar-refractivity contribution in [2.24, 2.45) is 23.2 Å². The molecule has 0 aromatic heterocycles. The van der Waals surface area contributed by atoms with Crippen LogP contribution < -0.4 is 15.0 Å². The maximum absolute atomic E-state index is 15.3. The molecule has 5 atom stereocenters. The van der Waals surface area contributed by atoms with Gasteiger partial charge in [0.25, 0.3) is 0 Å². The van der Waals surface area contributed by atoms with Gasteiger partial charge in [0.2, 0.25) is 0 Å². The lowest BCUT2D eigenvalue weighted by Crippen LogP contribution is -2.55. The van der Waals surface area contributed by atoms with E-state index in [1.54, 1.807) is 24.3 Å². The number of halogens is 1. The molecule has 3 bridgehead atoms. The van der Waals surface area contributed by atoms with Crippen molar-refractivity contribution in [1.82, 2.24) is 0 Å². The fourth-order valence-electron chi connectivity index (χ4n) is 9.05. The first-order valence-corrected chi connectivity index (χ1v) is 14.0. The van der Waals surface area contributed by atoms with Gasteiger partial charge in [-0.15, -0.1) is 0 Å². The van der Waals surface area contributed by atoms with Crippen LogP contribution in [0.4, 0.5) is 27.1 Å². The second kappa shape index (κ2) is 8.73. The number of hydrogen-bond acceptors (Lipinski definition) is 5. The minimum Gasteiger partial charge on any atom is -0.497 e. The third kappa shape index (κ3) is 3.53. The first kappa shape index (κ1) is 24.5. The molecule has 0 radical (unpaired) electrons. The smallest absolute Gasteiger partial charge is 0.340 e. The number of carbonyl (C=O) groups excluding carboxylic acids is 1. The number of nitrogens with one attached hydrogen (secondary N) is 1. The molecule has 5 nitrogen and oxygen atoms in total. The number of methoxy groups -OCH3 is 2. The molecule has 4 aliphatic carbocycles. The average molecular weight is 527 g/mol. The largest absolute Gasteiger partial charge is 0.497 e. The summed E-state index contributed by atoms with van der Waals surface area (Å²) in [5.74, 6) is 2.44. The molecule has 0 aliphatic heterocycles. The number of hydrogen-bond donors (Lipinski definition) is 1. The predicted octanol–water partition coefficient (Wildman–Crippen LogP) is 7.60. The zero-order valence-corrected chi connectivity index (χ0v) is 22.8. The SMILES string of the molecule is COC(=O)c1cc(OC)ccc1Nc1ccc(N(C)c2ccc(C34CC5CC6CC(C3)C4(C6)C5)cc2)cc1F. The van der Waals surface area contributed by atoms with Crippen molar-refractivity contribution in [1.29, 1.82) is 0 Å². The van der Waals surface area contributed by atoms with E-state index >= 15 is 4.39 Å². The van der Waals surface area contributed by atoms with Crippen molar-refractivity contribution in [2.75, 3.05) is 31.5 Å². The molecule has 4 aliphatic rings. The van der Waals surface area contributed by atoms with Crippen LogP contribution in [0.3, 0.4) is 0 Å². The summed E-state index contributed by atoms with van der Waals surface area (Å²) < 4.78 is 25.4. The van der Waals surface area contributed by atoms with Crippen LogP contribution in [0.25, 0.3) is 0 Å². The standard InChI is InChI=1S/C33H35FN2O3/c1-36(24-6-4-22(5-7-24)33-18-21-12-20-13-23(19-33)32(33,16-20)17-21)25-8-10-30(28(34)14-25)35-29-11-9-26(38-2)15-27(29)31(37)39-3/h4-11,14-15,20-21,23,35H,12-13,16-19H2,1-3H3. The number of benzene rings is 3. The van der Waals surface area contributed by atoms with E-state index < -0.39 is 11.8 Å². The molecule has 1 N–H and O–H groups in total. The van der Waals surface area contributed by atoms with Crippen molar-refractivity contribution in [2.45, 2.75) is 43.9 Å². The van der Waals surface area contributed by atoms with Gasteiger partial charge in [-0.2, -0.15) is 0 Å². The molecule has 6 heteroatoms. The van der Waals surface area contributed by atoms with E-state index in [2.05, 4.69) is 29.6 Å². The van der Waals surface area contributed by atoms with Crippen LogP contribution in [0.2, 0.25) is 0 Å². The van der Waals surface area contributed by atoms with Crippen molar-refractivity contribution >= 4 is 28.7 Å². The number of rotatable bonds is 7. The highest BCUT2D eigenvalue weighted by Crippen LogP contribution is 2.81. The Bertz CT molecular complexity index is 1450. The van der Waals surface area contributed by atoms with Crippen LogP contribution in [-0.2, 0) is 10.2 Å². The molecule has 0 saturated heterocycles. The Hall–Kier alpha value is -3.54. The third-order valence-electron chi connectivity index (χ3n) is 10.6. The summed E-state index contributed by atoms with van der Waals surface area (Å²) in [5.41, 5.74) is 5.28. The molecule has 39 heavy (non-hydrogen) atoms. The molecule has 0 amide bonds. The second-order valence-corrected chi connectivity index (χ2v) is 12.3. The van der Waals surface area contributed by atoms with E-state index in [0.29, 0.717) is 22.3 Å². The predicted molar refractivity (Wildman–Crippen MR) is 151 cm³/mol. The topological polar surface area (TPSA) is 50.8 Å². The van der Waals surface area contributed by atoms with Crippen molar-refractivity contribution in [3.05, 3.63) is 77.6 Å². The monoisotopic (exact) mass is 526 g/mol. The average Bonchev–Trinajstić information content (AvgIpc) is 3.28. The summed E-state index contributed by atoms with van der Waals surface area (Å²) in [5, 5.41) is 3.04. The van der Waals surface area contributed by atoms with E-state index in [-0.39, 0.29) is 11.3 Å². The van der Waals surface area contributed by atoms with Gasteiger partial charge in [0, 0.05) is 23.8 Å². The number of esters is 1. The molecule has 3 aromatic carbocycles. The first-order chi connectivity index (χ1) is 18.9. The molecule has 4 fully saturated rings. The fraction of sp³-hybridized carbons (Fsp3) is 0.424. The highest BCUT2D eigenvalue weighted by Gasteiger charge is 2.74. The number of nitrogens with zero attached hydrogens (tertiary/aromatic N) is 1. The lowest BCUT2D eigenvalue weighted by molar-refractivity contribution is -0.0355. The number of anilines is 4. The van der Waals surface area contributed by atoms with Crippen LogP contribution in [0.5, 0.6) is 5.75 Å². The zero-order chi connectivity index (χ0) is 26.9. The van der Waals surface area contributed by atoms with E-state index in [1.807, 2.05) is 18.0 Å². The summed E-state index contributed by atoms with van der Waals surface area (Å²) in [4.78, 5) is 14.3. The van der Waals surface area contributed by atoms with E-state index in [0.717, 1.165) is 29.1 Å². The maximum Gasteiger partial charge on any atom is 0.340 e. The van der Waals surface area contributed by atoms with Crippen LogP contribution in [0.1, 0.15) is 54.4 Å². The highest BCUT2D eigenvalue weighted by molar-refractivity contribution is 5.97. The molecular formula is C33H35FN2O3. The van der Waals surface area contributed by atoms with Crippen molar-refractivity contribution in [3.63, 3.8) is 0 Å². The highest BCUT2D eigenvalue weighted by atomic mass is 19.1. The Morgan fingerprint density at radius 2 is 1.64 bits per heavy atom. The van der Waals surface area contributed by atoms with E-state index in [4.69, 9.17) is 9.47 Å². The molecule has 1 spiro atoms. The molecule has 7 rings (SSSR count). The molecule has 3 aromatic rings. The summed E-state index contributed by atoms with van der Waals surface area (Å²) in [7, 11) is 4.81. The van der Waals surface area contributed by atoms with Gasteiger partial charge in [0.15, 0.2) is 0 Å². The summed E-state index contributed by atoms with van der Waals surface area (Å²) in [6.45, 7) is 0. The van der Waals surface area contributed by atoms with Gasteiger partial charge in [0.1, 0.15) is 11.6 Å². The van der Waals surface area contributed by atoms with Gasteiger partial charge in [0.05, 0.1) is 31.2 Å². The Balaban J connectivity index is 1.10. The van der Waals surface area contributed by atoms with Crippen LogP contribution in [0, 0.1) is 29.0 Å². The number of carbonyl (C=O) groups is 1. The van der Waals surface area contributed by atoms with Crippen molar-refractivity contribution in [3.8, 4) is 5.75 Å². The van der Waals surface area contributed by atoms with Gasteiger partial charge < -0.3 is 19.7 Å². The fourth-order valence-corrected chi connectivity index (χ4v) is 9.05. The van der Waals surface area contributed by atoms with Gasteiger partial charge in [-0.05, 0) is 116 Å². The van der Waals surface area contributed by atoms with Gasteiger partial charge in [-0.25, -0.2) is 9.18 Å². The number of fused-ring (bicyclic) bond motifs is 2. The first-order valence-electron chi connectivity index (χ1n) is 14.0. The van der Waals surface area contributed by atoms with Gasteiger partial charge in [-0.1, -0.05) is 12.1 Å². The van der Waals surface area contributed by atoms with Crippen LogP contribution in [-0.4, -0.2) is 27.2 Å². The Labute approximate surface area is 229 Å². The quantitative estimate of drug-likeness (QED) is 0.321. The third-order valence-corrected chi connectivity index (χ3v) is 10.6. The molecule has 4 saturated carbocycles. The summed E-state index contributed by atoms with van der Waals surface area (Å²) >= 11 is 0. The molecule has 202 valence electrons. The van der Waals surface area contributed by atoms with Gasteiger partial charge >= 0.3 is 5.97 Å². The van der Waals surface area contributed by atoms with Crippen LogP contribution in [0.15, 0.2) is 60.7 Å². The maximum atomic E-state index is 15.3. The van der Waals surface area contributed by atoms with Crippen LogP contribution >= 0.6 is 0 Å². The van der Waals surface area contributed by atoms with Crippen molar-refractivity contribution < 1.29 is 18.7 Å². The normalized spacial score (nSPS) is 29.5. The van der Waals surface area contributed by atoms with E-state index in [9.17, 15) is 4.79 Å². The lowest BCUT2D eigenvalue weighted by Gasteiger charge is -2.59. The lowest BCUT2D eigenvalue weighted by atomic mass is 9.44. The Morgan fingerprint density at radius 1 is 0.897 bits per heavy atom. The zero-order valence-electron chi connectivity index (χ0n) is 22.8. The molecule has 0 heterocycles. The Kier molecular flexibility index (Phi) is 5.49. The summed E-state index contributed by atoms with van der Waals surface area (Å²) in [6, 6.07) is 19.2. The molecular weight excluding hydrogens is 491 g/mol. The minimum atomic E-state index is -0.526.